The van der Waals surface area contributed by atoms with Gasteiger partial charge in [-0.05, 0) is 43.0 Å². The van der Waals surface area contributed by atoms with Gasteiger partial charge in [-0.2, -0.15) is 0 Å². The van der Waals surface area contributed by atoms with E-state index < -0.39 is 5.63 Å². The lowest BCUT2D eigenvalue weighted by molar-refractivity contribution is 0.0943. The zero-order valence-corrected chi connectivity index (χ0v) is 14.2. The van der Waals surface area contributed by atoms with E-state index in [1.54, 1.807) is 0 Å². The van der Waals surface area contributed by atoms with Crippen LogP contribution in [0.25, 0.3) is 33.1 Å². The Hall–Kier alpha value is -3.14. The molecule has 0 radical (unpaired) electrons. The largest absolute Gasteiger partial charge is 0.452 e. The smallest absolute Gasteiger partial charge is 0.336 e. The first kappa shape index (κ1) is 15.1. The van der Waals surface area contributed by atoms with Gasteiger partial charge in [0.1, 0.15) is 11.2 Å². The number of rotatable bonds is 3. The minimum atomic E-state index is -0.405. The molecule has 1 saturated carbocycles. The highest BCUT2D eigenvalue weighted by atomic mass is 16.4. The van der Waals surface area contributed by atoms with E-state index in [0.717, 1.165) is 34.9 Å². The molecule has 0 atom stereocenters. The number of hydrogen-bond acceptors (Lipinski definition) is 4. The van der Waals surface area contributed by atoms with Crippen molar-refractivity contribution < 1.29 is 13.6 Å². The highest BCUT2D eigenvalue weighted by molar-refractivity contribution is 6.17. The maximum Gasteiger partial charge on any atom is 0.336 e. The van der Waals surface area contributed by atoms with E-state index in [4.69, 9.17) is 8.83 Å². The van der Waals surface area contributed by atoms with Gasteiger partial charge in [-0.25, -0.2) is 4.79 Å². The summed E-state index contributed by atoms with van der Waals surface area (Å²) >= 11 is 0. The predicted octanol–water partition coefficient (Wildman–Crippen LogP) is 5.11. The second-order valence-electron chi connectivity index (χ2n) is 6.87. The maximum atomic E-state index is 12.9. The van der Waals surface area contributed by atoms with E-state index in [1.165, 1.54) is 6.07 Å². The Morgan fingerprint density at radius 3 is 2.54 bits per heavy atom. The van der Waals surface area contributed by atoms with E-state index >= 15 is 0 Å². The van der Waals surface area contributed by atoms with Crippen LogP contribution >= 0.6 is 0 Å². The van der Waals surface area contributed by atoms with Gasteiger partial charge in [0.25, 0.3) is 0 Å². The molecule has 1 fully saturated rings. The summed E-state index contributed by atoms with van der Waals surface area (Å²) in [5, 5.41) is 1.54. The van der Waals surface area contributed by atoms with Crippen LogP contribution in [-0.4, -0.2) is 5.78 Å². The molecule has 1 aliphatic rings. The van der Waals surface area contributed by atoms with Crippen LogP contribution in [0.2, 0.25) is 0 Å². The Morgan fingerprint density at radius 2 is 1.81 bits per heavy atom. The molecule has 0 spiro atoms. The van der Waals surface area contributed by atoms with Crippen molar-refractivity contribution >= 4 is 27.7 Å². The van der Waals surface area contributed by atoms with Gasteiger partial charge in [0, 0.05) is 22.9 Å². The normalized spacial score (nSPS) is 14.2. The molecule has 0 N–H and O–H groups in total. The topological polar surface area (TPSA) is 60.4 Å². The molecule has 0 saturated heterocycles. The van der Waals surface area contributed by atoms with Crippen molar-refractivity contribution in [3.8, 4) is 11.1 Å². The molecule has 4 heteroatoms. The second kappa shape index (κ2) is 5.43. The SMILES string of the molecule is Cc1cc(=O)oc2c1ccc1oc(C(=O)C3CC3)c(-c3ccccc3)c12. The van der Waals surface area contributed by atoms with Gasteiger partial charge in [-0.15, -0.1) is 0 Å². The maximum absolute atomic E-state index is 12.9. The van der Waals surface area contributed by atoms with Crippen molar-refractivity contribution in [3.63, 3.8) is 0 Å². The van der Waals surface area contributed by atoms with Crippen LogP contribution in [0.4, 0.5) is 0 Å². The number of ketones is 1. The number of aryl methyl sites for hydroxylation is 1. The third-order valence-corrected chi connectivity index (χ3v) is 5.00. The Labute approximate surface area is 149 Å². The first-order valence-corrected chi connectivity index (χ1v) is 8.73. The fourth-order valence-corrected chi connectivity index (χ4v) is 3.55. The molecule has 0 bridgehead atoms. The molecule has 26 heavy (non-hydrogen) atoms. The fraction of sp³-hybridized carbons (Fsp3) is 0.182. The van der Waals surface area contributed by atoms with Gasteiger partial charge >= 0.3 is 5.63 Å². The molecule has 0 amide bonds. The summed E-state index contributed by atoms with van der Waals surface area (Å²) in [4.78, 5) is 24.8. The average Bonchev–Trinajstić information content (AvgIpc) is 3.41. The van der Waals surface area contributed by atoms with E-state index in [1.807, 2.05) is 49.4 Å². The number of carbonyl (C=O) groups excluding carboxylic acids is 1. The number of carbonyl (C=O) groups is 1. The number of Topliss-reactive ketones (excluding diaryl/α,β-unsaturated/α-hetero) is 1. The second-order valence-corrected chi connectivity index (χ2v) is 6.87. The summed E-state index contributed by atoms with van der Waals surface area (Å²) < 4.78 is 11.6. The zero-order valence-electron chi connectivity index (χ0n) is 14.2. The minimum absolute atomic E-state index is 0.0307. The van der Waals surface area contributed by atoms with Gasteiger partial charge in [0.15, 0.2) is 5.76 Å². The van der Waals surface area contributed by atoms with Crippen LogP contribution in [-0.2, 0) is 0 Å². The minimum Gasteiger partial charge on any atom is -0.452 e. The molecule has 2 heterocycles. The van der Waals surface area contributed by atoms with Crippen molar-refractivity contribution in [3.05, 3.63) is 70.3 Å². The monoisotopic (exact) mass is 344 g/mol. The lowest BCUT2D eigenvalue weighted by atomic mass is 9.97. The first-order chi connectivity index (χ1) is 12.6. The molecule has 5 rings (SSSR count). The Kier molecular flexibility index (Phi) is 3.16. The Balaban J connectivity index is 1.96. The van der Waals surface area contributed by atoms with Crippen LogP contribution in [0, 0.1) is 12.8 Å². The molecular weight excluding hydrogens is 328 g/mol. The van der Waals surface area contributed by atoms with Crippen LogP contribution in [0.1, 0.15) is 29.0 Å². The molecular formula is C22H16O4. The van der Waals surface area contributed by atoms with E-state index in [2.05, 4.69) is 0 Å². The van der Waals surface area contributed by atoms with Crippen LogP contribution < -0.4 is 5.63 Å². The highest BCUT2D eigenvalue weighted by Gasteiger charge is 2.35. The lowest BCUT2D eigenvalue weighted by Gasteiger charge is -2.05. The van der Waals surface area contributed by atoms with Gasteiger partial charge in [-0.1, -0.05) is 30.3 Å². The van der Waals surface area contributed by atoms with Crippen LogP contribution in [0.15, 0.2) is 62.2 Å². The van der Waals surface area contributed by atoms with Crippen molar-refractivity contribution in [2.45, 2.75) is 19.8 Å². The van der Waals surface area contributed by atoms with Crippen molar-refractivity contribution in [2.24, 2.45) is 5.92 Å². The van der Waals surface area contributed by atoms with Crippen molar-refractivity contribution in [1.29, 1.82) is 0 Å². The van der Waals surface area contributed by atoms with Gasteiger partial charge < -0.3 is 8.83 Å². The average molecular weight is 344 g/mol. The molecule has 4 nitrogen and oxygen atoms in total. The number of furan rings is 1. The first-order valence-electron chi connectivity index (χ1n) is 8.73. The molecule has 2 aromatic carbocycles. The summed E-state index contributed by atoms with van der Waals surface area (Å²) in [5.41, 5.74) is 3.08. The van der Waals surface area contributed by atoms with E-state index in [-0.39, 0.29) is 11.7 Å². The molecule has 128 valence electrons. The van der Waals surface area contributed by atoms with Gasteiger partial charge in [0.2, 0.25) is 5.78 Å². The highest BCUT2D eigenvalue weighted by Crippen LogP contribution is 2.43. The molecule has 0 aliphatic heterocycles. The number of hydrogen-bond donors (Lipinski definition) is 0. The molecule has 0 unspecified atom stereocenters. The predicted molar refractivity (Wildman–Crippen MR) is 99.5 cm³/mol. The summed E-state index contributed by atoms with van der Waals surface area (Å²) in [6.07, 6.45) is 1.80. The van der Waals surface area contributed by atoms with Crippen molar-refractivity contribution in [1.82, 2.24) is 0 Å². The third kappa shape index (κ3) is 2.22. The molecule has 4 aromatic rings. The van der Waals surface area contributed by atoms with E-state index in [0.29, 0.717) is 22.3 Å². The van der Waals surface area contributed by atoms with Crippen LogP contribution in [0.3, 0.4) is 0 Å². The third-order valence-electron chi connectivity index (χ3n) is 5.00. The quantitative estimate of drug-likeness (QED) is 0.383. The van der Waals surface area contributed by atoms with Crippen LogP contribution in [0.5, 0.6) is 0 Å². The lowest BCUT2D eigenvalue weighted by Crippen LogP contribution is -2.01. The van der Waals surface area contributed by atoms with E-state index in [9.17, 15) is 9.59 Å². The standard InChI is InChI=1S/C22H16O4/c1-12-11-17(23)26-21-15(12)9-10-16-19(21)18(13-5-3-2-4-6-13)22(25-16)20(24)14-7-8-14/h2-6,9-11,14H,7-8H2,1H3. The number of fused-ring (bicyclic) bond motifs is 3. The zero-order chi connectivity index (χ0) is 17.8. The summed E-state index contributed by atoms with van der Waals surface area (Å²) in [6, 6.07) is 14.9. The summed E-state index contributed by atoms with van der Waals surface area (Å²) in [7, 11) is 0. The summed E-state index contributed by atoms with van der Waals surface area (Å²) in [6.45, 7) is 1.88. The summed E-state index contributed by atoms with van der Waals surface area (Å²) in [5.74, 6) is 0.437. The van der Waals surface area contributed by atoms with Gasteiger partial charge in [0.05, 0.1) is 5.39 Å². The van der Waals surface area contributed by atoms with Crippen molar-refractivity contribution in [2.75, 3.05) is 0 Å². The Bertz CT molecular complexity index is 1220. The number of benzene rings is 2. The molecule has 2 aromatic heterocycles. The molecule has 1 aliphatic carbocycles. The van der Waals surface area contributed by atoms with Gasteiger partial charge in [-0.3, -0.25) is 4.79 Å². The Morgan fingerprint density at radius 1 is 1.04 bits per heavy atom. The fourth-order valence-electron chi connectivity index (χ4n) is 3.55.